The minimum atomic E-state index is -0.160. The fourth-order valence-corrected chi connectivity index (χ4v) is 1.82. The Morgan fingerprint density at radius 1 is 1.26 bits per heavy atom. The summed E-state index contributed by atoms with van der Waals surface area (Å²) >= 11 is 0. The highest BCUT2D eigenvalue weighted by molar-refractivity contribution is 5.86. The van der Waals surface area contributed by atoms with Gasteiger partial charge in [-0.05, 0) is 26.0 Å². The predicted molar refractivity (Wildman–Crippen MR) is 84.7 cm³/mol. The van der Waals surface area contributed by atoms with Crippen molar-refractivity contribution in [1.82, 2.24) is 20.9 Å². The normalized spacial score (nSPS) is 11.3. The van der Waals surface area contributed by atoms with Gasteiger partial charge in [0.15, 0.2) is 5.96 Å². The largest absolute Gasteiger partial charge is 0.467 e. The zero-order valence-electron chi connectivity index (χ0n) is 13.5. The molecule has 0 fully saturated rings. The molecule has 8 nitrogen and oxygen atoms in total. The highest BCUT2D eigenvalue weighted by Gasteiger charge is 2.08. The minimum absolute atomic E-state index is 0.101. The first kappa shape index (κ1) is 16.6. The molecule has 0 saturated carbocycles. The molecular weight excluding hydrogens is 298 g/mol. The standard InChI is InChI=1S/C15H21N5O3/c1-10-11(2)23-14(20-10)9-19-15(16-3)18-8-13(21)17-7-12-5-4-6-22-12/h4-6H,7-9H2,1-3H3,(H,17,21)(H2,16,18,19). The molecule has 0 aliphatic carbocycles. The summed E-state index contributed by atoms with van der Waals surface area (Å²) in [6, 6.07) is 3.58. The molecule has 0 atom stereocenters. The van der Waals surface area contributed by atoms with E-state index in [0.29, 0.717) is 30.7 Å². The maximum Gasteiger partial charge on any atom is 0.239 e. The molecule has 0 aromatic carbocycles. The molecular formula is C15H21N5O3. The molecule has 0 unspecified atom stereocenters. The van der Waals surface area contributed by atoms with E-state index in [0.717, 1.165) is 11.5 Å². The molecule has 124 valence electrons. The molecule has 23 heavy (non-hydrogen) atoms. The fraction of sp³-hybridized carbons (Fsp3) is 0.400. The Bertz CT molecular complexity index is 641. The van der Waals surface area contributed by atoms with Gasteiger partial charge >= 0.3 is 0 Å². The van der Waals surface area contributed by atoms with Gasteiger partial charge in [0.25, 0.3) is 0 Å². The summed E-state index contributed by atoms with van der Waals surface area (Å²) in [4.78, 5) is 20.1. The third kappa shape index (κ3) is 5.17. The van der Waals surface area contributed by atoms with Crippen LogP contribution in [-0.2, 0) is 17.9 Å². The average molecular weight is 319 g/mol. The van der Waals surface area contributed by atoms with Crippen LogP contribution in [-0.4, -0.2) is 30.4 Å². The first-order valence-corrected chi connectivity index (χ1v) is 7.25. The van der Waals surface area contributed by atoms with Crippen LogP contribution in [0.5, 0.6) is 0 Å². The van der Waals surface area contributed by atoms with Gasteiger partial charge in [0.1, 0.15) is 11.5 Å². The number of aliphatic imine (C=N–C) groups is 1. The van der Waals surface area contributed by atoms with Gasteiger partial charge in [0, 0.05) is 7.05 Å². The van der Waals surface area contributed by atoms with E-state index in [-0.39, 0.29) is 12.5 Å². The number of aromatic nitrogens is 1. The molecule has 3 N–H and O–H groups in total. The first-order valence-electron chi connectivity index (χ1n) is 7.25. The molecule has 0 radical (unpaired) electrons. The zero-order valence-corrected chi connectivity index (χ0v) is 13.5. The summed E-state index contributed by atoms with van der Waals surface area (Å²) in [5, 5.41) is 8.69. The lowest BCUT2D eigenvalue weighted by Crippen LogP contribution is -2.42. The number of hydrogen-bond donors (Lipinski definition) is 3. The second kappa shape index (κ2) is 8.02. The summed E-state index contributed by atoms with van der Waals surface area (Å²) in [5.74, 6) is 2.40. The maximum atomic E-state index is 11.8. The zero-order chi connectivity index (χ0) is 16.7. The highest BCUT2D eigenvalue weighted by atomic mass is 16.4. The van der Waals surface area contributed by atoms with Crippen LogP contribution < -0.4 is 16.0 Å². The summed E-state index contributed by atoms with van der Waals surface area (Å²) in [6.07, 6.45) is 1.57. The number of nitrogens with one attached hydrogen (secondary N) is 3. The number of furan rings is 1. The van der Waals surface area contributed by atoms with Gasteiger partial charge in [0.05, 0.1) is 31.6 Å². The number of rotatable bonds is 6. The molecule has 0 spiro atoms. The van der Waals surface area contributed by atoms with Gasteiger partial charge in [-0.25, -0.2) is 4.98 Å². The smallest absolute Gasteiger partial charge is 0.239 e. The minimum Gasteiger partial charge on any atom is -0.467 e. The van der Waals surface area contributed by atoms with Crippen molar-refractivity contribution < 1.29 is 13.6 Å². The van der Waals surface area contributed by atoms with E-state index in [9.17, 15) is 4.79 Å². The topological polar surface area (TPSA) is 105 Å². The van der Waals surface area contributed by atoms with Crippen LogP contribution in [0.25, 0.3) is 0 Å². The average Bonchev–Trinajstić information content (AvgIpc) is 3.16. The van der Waals surface area contributed by atoms with Gasteiger partial charge in [-0.1, -0.05) is 0 Å². The lowest BCUT2D eigenvalue weighted by Gasteiger charge is -2.10. The van der Waals surface area contributed by atoms with E-state index >= 15 is 0 Å². The van der Waals surface area contributed by atoms with Gasteiger partial charge in [-0.2, -0.15) is 0 Å². The van der Waals surface area contributed by atoms with E-state index in [1.165, 1.54) is 0 Å². The van der Waals surface area contributed by atoms with Crippen molar-refractivity contribution in [1.29, 1.82) is 0 Å². The molecule has 2 rings (SSSR count). The second-order valence-electron chi connectivity index (χ2n) is 4.88. The third-order valence-corrected chi connectivity index (χ3v) is 3.16. The van der Waals surface area contributed by atoms with Crippen molar-refractivity contribution in [2.24, 2.45) is 4.99 Å². The summed E-state index contributed by atoms with van der Waals surface area (Å²) in [6.45, 7) is 4.60. The van der Waals surface area contributed by atoms with Gasteiger partial charge in [-0.3, -0.25) is 9.79 Å². The number of hydrogen-bond acceptors (Lipinski definition) is 5. The van der Waals surface area contributed by atoms with Crippen LogP contribution in [0.3, 0.4) is 0 Å². The molecule has 2 aromatic rings. The maximum absolute atomic E-state index is 11.8. The molecule has 8 heteroatoms. The van der Waals surface area contributed by atoms with Crippen LogP contribution in [0, 0.1) is 13.8 Å². The SMILES string of the molecule is CN=C(NCC(=O)NCc1ccco1)NCc1nc(C)c(C)o1. The van der Waals surface area contributed by atoms with E-state index in [1.807, 2.05) is 13.8 Å². The number of carbonyl (C=O) groups excluding carboxylic acids is 1. The second-order valence-corrected chi connectivity index (χ2v) is 4.88. The van der Waals surface area contributed by atoms with Crippen molar-refractivity contribution in [3.05, 3.63) is 41.5 Å². The summed E-state index contributed by atoms with van der Waals surface area (Å²) in [5.41, 5.74) is 0.863. The van der Waals surface area contributed by atoms with Crippen LogP contribution in [0.4, 0.5) is 0 Å². The van der Waals surface area contributed by atoms with E-state index < -0.39 is 0 Å². The Morgan fingerprint density at radius 2 is 2.09 bits per heavy atom. The number of nitrogens with zero attached hydrogens (tertiary/aromatic N) is 2. The number of guanidine groups is 1. The first-order chi connectivity index (χ1) is 11.1. The van der Waals surface area contributed by atoms with Gasteiger partial charge < -0.3 is 24.8 Å². The van der Waals surface area contributed by atoms with E-state index in [2.05, 4.69) is 25.9 Å². The van der Waals surface area contributed by atoms with Crippen molar-refractivity contribution in [2.75, 3.05) is 13.6 Å². The molecule has 2 heterocycles. The van der Waals surface area contributed by atoms with Crippen molar-refractivity contribution >= 4 is 11.9 Å². The number of amides is 1. The Kier molecular flexibility index (Phi) is 5.79. The van der Waals surface area contributed by atoms with E-state index in [4.69, 9.17) is 8.83 Å². The molecule has 1 amide bonds. The highest BCUT2D eigenvalue weighted by Crippen LogP contribution is 2.07. The quantitative estimate of drug-likeness (QED) is 0.539. The van der Waals surface area contributed by atoms with Crippen LogP contribution >= 0.6 is 0 Å². The Labute approximate surface area is 134 Å². The Balaban J connectivity index is 1.70. The third-order valence-electron chi connectivity index (χ3n) is 3.16. The van der Waals surface area contributed by atoms with E-state index in [1.54, 1.807) is 25.4 Å². The molecule has 2 aromatic heterocycles. The van der Waals surface area contributed by atoms with Crippen LogP contribution in [0.2, 0.25) is 0 Å². The van der Waals surface area contributed by atoms with Crippen LogP contribution in [0.15, 0.2) is 32.2 Å². The van der Waals surface area contributed by atoms with Crippen molar-refractivity contribution in [3.63, 3.8) is 0 Å². The summed E-state index contributed by atoms with van der Waals surface area (Å²) < 4.78 is 10.6. The number of carbonyl (C=O) groups is 1. The number of aryl methyl sites for hydroxylation is 2. The fourth-order valence-electron chi connectivity index (χ4n) is 1.82. The van der Waals surface area contributed by atoms with Crippen molar-refractivity contribution in [3.8, 4) is 0 Å². The predicted octanol–water partition coefficient (Wildman–Crippen LogP) is 0.866. The lowest BCUT2D eigenvalue weighted by molar-refractivity contribution is -0.120. The molecule has 0 bridgehead atoms. The molecule has 0 saturated heterocycles. The Hall–Kier alpha value is -2.77. The number of oxazole rings is 1. The van der Waals surface area contributed by atoms with Crippen molar-refractivity contribution in [2.45, 2.75) is 26.9 Å². The Morgan fingerprint density at radius 3 is 2.70 bits per heavy atom. The van der Waals surface area contributed by atoms with Crippen LogP contribution in [0.1, 0.15) is 23.1 Å². The van der Waals surface area contributed by atoms with Gasteiger partial charge in [0.2, 0.25) is 11.8 Å². The monoisotopic (exact) mass is 319 g/mol. The molecule has 0 aliphatic rings. The van der Waals surface area contributed by atoms with Gasteiger partial charge in [-0.15, -0.1) is 0 Å². The summed E-state index contributed by atoms with van der Waals surface area (Å²) in [7, 11) is 1.63. The molecule has 0 aliphatic heterocycles. The lowest BCUT2D eigenvalue weighted by atomic mass is 10.4.